The van der Waals surface area contributed by atoms with Gasteiger partial charge in [-0.15, -0.1) is 0 Å². The van der Waals surface area contributed by atoms with Crippen LogP contribution in [0.3, 0.4) is 0 Å². The highest BCUT2D eigenvalue weighted by Gasteiger charge is 2.61. The van der Waals surface area contributed by atoms with Crippen LogP contribution in [-0.2, 0) is 18.6 Å². The molecule has 0 aliphatic carbocycles. The Bertz CT molecular complexity index is 723. The second-order valence-electron chi connectivity index (χ2n) is 10.4. The van der Waals surface area contributed by atoms with Gasteiger partial charge in [-0.1, -0.05) is 28.1 Å². The van der Waals surface area contributed by atoms with Gasteiger partial charge >= 0.3 is 14.2 Å². The van der Waals surface area contributed by atoms with Crippen molar-refractivity contribution in [3.8, 4) is 0 Å². The number of hydrogen-bond donors (Lipinski definition) is 0. The molecule has 2 saturated heterocycles. The first-order valence-corrected chi connectivity index (χ1v) is 11.4. The zero-order valence-corrected chi connectivity index (χ0v) is 21.0. The molecule has 1 aromatic rings. The summed E-state index contributed by atoms with van der Waals surface area (Å²) in [4.78, 5) is 12.8. The van der Waals surface area contributed by atoms with Gasteiger partial charge in [0.25, 0.3) is 0 Å². The predicted octanol–water partition coefficient (Wildman–Crippen LogP) is 5.51. The summed E-state index contributed by atoms with van der Waals surface area (Å²) in [6, 6.07) is 7.44. The maximum absolute atomic E-state index is 12.8. The molecule has 2 heterocycles. The van der Waals surface area contributed by atoms with Crippen LogP contribution in [-0.4, -0.2) is 42.4 Å². The van der Waals surface area contributed by atoms with E-state index in [1.54, 1.807) is 0 Å². The van der Waals surface area contributed by atoms with E-state index in [-0.39, 0.29) is 11.5 Å². The lowest BCUT2D eigenvalue weighted by molar-refractivity contribution is 0.00578. The molecule has 0 saturated carbocycles. The van der Waals surface area contributed by atoms with Crippen molar-refractivity contribution in [1.82, 2.24) is 0 Å². The Morgan fingerprint density at radius 3 is 1.53 bits per heavy atom. The third kappa shape index (κ3) is 4.58. The summed E-state index contributed by atoms with van der Waals surface area (Å²) < 4.78 is 26.3. The van der Waals surface area contributed by atoms with E-state index in [0.29, 0.717) is 18.4 Å². The Kier molecular flexibility index (Phi) is 6.43. The molecule has 2 fully saturated rings. The Labute approximate surface area is 190 Å². The van der Waals surface area contributed by atoms with E-state index in [0.717, 1.165) is 4.47 Å². The van der Waals surface area contributed by atoms with Crippen LogP contribution in [0.5, 0.6) is 0 Å². The predicted molar refractivity (Wildman–Crippen MR) is 124 cm³/mol. The lowest BCUT2D eigenvalue weighted by Gasteiger charge is -2.32. The van der Waals surface area contributed by atoms with Crippen LogP contribution in [0.2, 0.25) is 5.72 Å². The summed E-state index contributed by atoms with van der Waals surface area (Å²) in [6.07, 6.45) is 0.906. The summed E-state index contributed by atoms with van der Waals surface area (Å²) in [5.74, 6) is 0.0838. The van der Waals surface area contributed by atoms with Crippen molar-refractivity contribution in [3.05, 3.63) is 34.3 Å². The molecule has 3 rings (SSSR count). The number of carbonyl (C=O) groups is 1. The second-order valence-corrected chi connectivity index (χ2v) is 11.3. The molecule has 5 nitrogen and oxygen atoms in total. The minimum atomic E-state index is -0.512. The smallest absolute Gasteiger partial charge is 0.403 e. The van der Waals surface area contributed by atoms with Crippen LogP contribution in [0.4, 0.5) is 0 Å². The Morgan fingerprint density at radius 2 is 1.17 bits per heavy atom. The first kappa shape index (κ1) is 24.0. The molecule has 0 amide bonds. The zero-order chi connectivity index (χ0) is 22.5. The summed E-state index contributed by atoms with van der Waals surface area (Å²) in [6.45, 7) is 16.2. The molecule has 0 radical (unpaired) electrons. The molecule has 2 aliphatic rings. The van der Waals surface area contributed by atoms with Gasteiger partial charge in [-0.05, 0) is 73.9 Å². The molecule has 0 aromatic heterocycles. The van der Waals surface area contributed by atoms with E-state index in [4.69, 9.17) is 18.6 Å². The molecule has 164 valence electrons. The first-order valence-electron chi connectivity index (χ1n) is 10.7. The van der Waals surface area contributed by atoms with Crippen LogP contribution >= 0.6 is 15.9 Å². The monoisotopic (exact) mass is 478 g/mol. The third-order valence-corrected chi connectivity index (χ3v) is 7.64. The van der Waals surface area contributed by atoms with Gasteiger partial charge in [0, 0.05) is 22.2 Å². The molecule has 0 bridgehead atoms. The first-order chi connectivity index (χ1) is 13.7. The molecular formula is C22H33B2BrO5. The normalized spacial score (nSPS) is 23.9. The van der Waals surface area contributed by atoms with Gasteiger partial charge in [-0.2, -0.15) is 0 Å². The number of ketones is 1. The van der Waals surface area contributed by atoms with Gasteiger partial charge in [0.05, 0.1) is 22.4 Å². The SMILES string of the molecule is CC1(C)OB(C(CCC(=O)c2ccc(Br)cc2)B2OC(C)(C)C(C)(C)O2)OC1(C)C. The van der Waals surface area contributed by atoms with Gasteiger partial charge < -0.3 is 18.6 Å². The number of benzene rings is 1. The molecule has 0 atom stereocenters. The topological polar surface area (TPSA) is 54.0 Å². The number of Topliss-reactive ketones (excluding diaryl/α,β-unsaturated/α-hetero) is 1. The average Bonchev–Trinajstić information content (AvgIpc) is 2.94. The number of carbonyl (C=O) groups excluding carboxylic acids is 1. The van der Waals surface area contributed by atoms with Crippen molar-refractivity contribution in [3.63, 3.8) is 0 Å². The van der Waals surface area contributed by atoms with E-state index in [1.165, 1.54) is 0 Å². The summed E-state index contributed by atoms with van der Waals surface area (Å²) >= 11 is 3.41. The molecule has 0 unspecified atom stereocenters. The van der Waals surface area contributed by atoms with Crippen LogP contribution in [0, 0.1) is 0 Å². The molecule has 8 heteroatoms. The largest absolute Gasteiger partial charge is 0.458 e. The highest BCUT2D eigenvalue weighted by Crippen LogP contribution is 2.46. The van der Waals surface area contributed by atoms with Gasteiger partial charge in [0.1, 0.15) is 0 Å². The molecule has 1 aromatic carbocycles. The zero-order valence-electron chi connectivity index (χ0n) is 19.4. The number of hydrogen-bond acceptors (Lipinski definition) is 5. The lowest BCUT2D eigenvalue weighted by atomic mass is 9.50. The van der Waals surface area contributed by atoms with E-state index in [2.05, 4.69) is 15.9 Å². The summed E-state index contributed by atoms with van der Waals surface area (Å²) in [7, 11) is -1.02. The van der Waals surface area contributed by atoms with E-state index in [9.17, 15) is 4.79 Å². The molecular weight excluding hydrogens is 446 g/mol. The number of rotatable bonds is 6. The Hall–Kier alpha value is -0.660. The highest BCUT2D eigenvalue weighted by atomic mass is 79.9. The second kappa shape index (κ2) is 8.04. The fraction of sp³-hybridized carbons (Fsp3) is 0.682. The standard InChI is InChI=1S/C22H33B2BrO5/c1-19(2)20(3,4)28-23(27-19)18(24-29-21(5,6)22(7,8)30-24)14-13-17(26)15-9-11-16(25)12-10-15/h9-12,18H,13-14H2,1-8H3. The average molecular weight is 479 g/mol. The fourth-order valence-electron chi connectivity index (χ4n) is 3.61. The van der Waals surface area contributed by atoms with Crippen LogP contribution in [0.15, 0.2) is 28.7 Å². The maximum atomic E-state index is 12.8. The van der Waals surface area contributed by atoms with Crippen molar-refractivity contribution < 1.29 is 23.4 Å². The van der Waals surface area contributed by atoms with Gasteiger partial charge in [0.15, 0.2) is 5.78 Å². The minimum Gasteiger partial charge on any atom is -0.403 e. The van der Waals surface area contributed by atoms with Crippen molar-refractivity contribution >= 4 is 35.9 Å². The van der Waals surface area contributed by atoms with Gasteiger partial charge in [0.2, 0.25) is 0 Å². The molecule has 30 heavy (non-hydrogen) atoms. The number of halogens is 1. The van der Waals surface area contributed by atoms with Crippen molar-refractivity contribution in [2.45, 2.75) is 96.4 Å². The van der Waals surface area contributed by atoms with Gasteiger partial charge in [-0.3, -0.25) is 4.79 Å². The highest BCUT2D eigenvalue weighted by molar-refractivity contribution is 9.10. The third-order valence-electron chi connectivity index (χ3n) is 7.11. The fourth-order valence-corrected chi connectivity index (χ4v) is 3.87. The summed E-state index contributed by atoms with van der Waals surface area (Å²) in [5, 5.41) is 0. The van der Waals surface area contributed by atoms with E-state index in [1.807, 2.05) is 79.7 Å². The van der Waals surface area contributed by atoms with E-state index < -0.39 is 36.6 Å². The molecule has 2 aliphatic heterocycles. The Morgan fingerprint density at radius 1 is 0.800 bits per heavy atom. The van der Waals surface area contributed by atoms with Crippen molar-refractivity contribution in [1.29, 1.82) is 0 Å². The minimum absolute atomic E-state index is 0.0838. The van der Waals surface area contributed by atoms with Gasteiger partial charge in [-0.25, -0.2) is 0 Å². The van der Waals surface area contributed by atoms with Crippen molar-refractivity contribution in [2.24, 2.45) is 0 Å². The van der Waals surface area contributed by atoms with Crippen molar-refractivity contribution in [2.75, 3.05) is 0 Å². The molecule has 0 N–H and O–H groups in total. The lowest BCUT2D eigenvalue weighted by Crippen LogP contribution is -2.41. The van der Waals surface area contributed by atoms with Crippen LogP contribution in [0.1, 0.15) is 78.6 Å². The van der Waals surface area contributed by atoms with Crippen LogP contribution < -0.4 is 0 Å². The summed E-state index contributed by atoms with van der Waals surface area (Å²) in [5.41, 5.74) is -1.39. The Balaban J connectivity index is 1.80. The quantitative estimate of drug-likeness (QED) is 0.399. The van der Waals surface area contributed by atoms with E-state index >= 15 is 0 Å². The maximum Gasteiger partial charge on any atom is 0.458 e. The molecule has 0 spiro atoms. The van der Waals surface area contributed by atoms with Crippen LogP contribution in [0.25, 0.3) is 0 Å².